The van der Waals surface area contributed by atoms with E-state index in [1.807, 2.05) is 12.4 Å². The fourth-order valence-corrected chi connectivity index (χ4v) is 6.40. The van der Waals surface area contributed by atoms with E-state index in [-0.39, 0.29) is 41.3 Å². The zero-order chi connectivity index (χ0) is 20.4. The first-order valence-corrected chi connectivity index (χ1v) is 11.7. The van der Waals surface area contributed by atoms with Crippen LogP contribution in [0.2, 0.25) is 0 Å². The number of amides is 1. The van der Waals surface area contributed by atoms with Crippen molar-refractivity contribution < 1.29 is 9.18 Å². The molecule has 2 aromatic rings. The summed E-state index contributed by atoms with van der Waals surface area (Å²) in [5.74, 6) is 0.0752. The molecule has 0 radical (unpaired) electrons. The minimum Gasteiger partial charge on any atom is -0.343 e. The monoisotopic (exact) mass is 468 g/mol. The van der Waals surface area contributed by atoms with Crippen molar-refractivity contribution in [3.05, 3.63) is 40.1 Å². The lowest BCUT2D eigenvalue weighted by molar-refractivity contribution is -0.121. The Kier molecular flexibility index (Phi) is 7.90. The van der Waals surface area contributed by atoms with Gasteiger partial charge in [0.1, 0.15) is 10.8 Å². The highest BCUT2D eigenvalue weighted by Crippen LogP contribution is 2.53. The SMILES string of the molecule is CCC(C)NCCC(=O)NC1SC2=CN=CCC2C1c1nc2cc(F)ccc2s1.Cl. The summed E-state index contributed by atoms with van der Waals surface area (Å²) < 4.78 is 14.6. The van der Waals surface area contributed by atoms with E-state index in [2.05, 4.69) is 29.5 Å². The van der Waals surface area contributed by atoms with Gasteiger partial charge < -0.3 is 10.6 Å². The Morgan fingerprint density at radius 3 is 3.03 bits per heavy atom. The topological polar surface area (TPSA) is 66.4 Å². The summed E-state index contributed by atoms with van der Waals surface area (Å²) in [6.45, 7) is 4.91. The van der Waals surface area contributed by atoms with E-state index in [0.717, 1.165) is 22.5 Å². The van der Waals surface area contributed by atoms with Gasteiger partial charge in [-0.2, -0.15) is 0 Å². The van der Waals surface area contributed by atoms with Gasteiger partial charge in [-0.1, -0.05) is 6.92 Å². The van der Waals surface area contributed by atoms with Crippen LogP contribution >= 0.6 is 35.5 Å². The zero-order valence-corrected chi connectivity index (χ0v) is 19.4. The second-order valence-electron chi connectivity index (χ2n) is 7.51. The number of aliphatic imine (C=N–C) groups is 1. The highest BCUT2D eigenvalue weighted by molar-refractivity contribution is 8.04. The molecule has 9 heteroatoms. The molecular weight excluding hydrogens is 443 g/mol. The molecule has 1 saturated heterocycles. The van der Waals surface area contributed by atoms with Gasteiger partial charge in [0.2, 0.25) is 5.91 Å². The third-order valence-electron chi connectivity index (χ3n) is 5.47. The summed E-state index contributed by atoms with van der Waals surface area (Å²) in [5, 5.41) is 7.43. The number of rotatable bonds is 7. The van der Waals surface area contributed by atoms with E-state index >= 15 is 0 Å². The van der Waals surface area contributed by atoms with Crippen LogP contribution in [0.1, 0.15) is 44.0 Å². The number of halogens is 2. The van der Waals surface area contributed by atoms with Gasteiger partial charge in [-0.25, -0.2) is 9.37 Å². The lowest BCUT2D eigenvalue weighted by Crippen LogP contribution is -2.38. The summed E-state index contributed by atoms with van der Waals surface area (Å²) in [7, 11) is 0. The van der Waals surface area contributed by atoms with Crippen LogP contribution in [-0.2, 0) is 4.79 Å². The van der Waals surface area contributed by atoms with Gasteiger partial charge in [0, 0.05) is 54.2 Å². The number of carbonyl (C=O) groups excluding carboxylic acids is 1. The molecule has 30 heavy (non-hydrogen) atoms. The molecule has 1 aromatic carbocycles. The predicted octanol–water partition coefficient (Wildman–Crippen LogP) is 4.84. The molecular formula is C21H26ClFN4OS2. The van der Waals surface area contributed by atoms with Crippen LogP contribution in [0, 0.1) is 11.7 Å². The molecule has 1 aromatic heterocycles. The van der Waals surface area contributed by atoms with Crippen molar-refractivity contribution in [1.82, 2.24) is 15.6 Å². The smallest absolute Gasteiger partial charge is 0.222 e. The minimum atomic E-state index is -0.279. The molecule has 2 aliphatic rings. The first-order chi connectivity index (χ1) is 14.0. The van der Waals surface area contributed by atoms with Crippen LogP contribution in [0.15, 0.2) is 34.3 Å². The summed E-state index contributed by atoms with van der Waals surface area (Å²) in [6, 6.07) is 5.13. The number of aromatic nitrogens is 1. The van der Waals surface area contributed by atoms with Crippen molar-refractivity contribution in [1.29, 1.82) is 0 Å². The molecule has 2 aliphatic heterocycles. The van der Waals surface area contributed by atoms with Crippen molar-refractivity contribution in [2.45, 2.75) is 50.4 Å². The third kappa shape index (κ3) is 5.04. The number of nitrogens with zero attached hydrogens (tertiary/aromatic N) is 2. The molecule has 0 aliphatic carbocycles. The Balaban J connectivity index is 0.00000256. The fraction of sp³-hybridized carbons (Fsp3) is 0.476. The number of hydrogen-bond acceptors (Lipinski definition) is 6. The van der Waals surface area contributed by atoms with Gasteiger partial charge in [-0.15, -0.1) is 35.5 Å². The van der Waals surface area contributed by atoms with Crippen molar-refractivity contribution >= 4 is 57.8 Å². The number of allylic oxidation sites excluding steroid dienone is 1. The van der Waals surface area contributed by atoms with E-state index in [0.29, 0.717) is 24.5 Å². The van der Waals surface area contributed by atoms with Crippen LogP contribution in [0.5, 0.6) is 0 Å². The Hall–Kier alpha value is -1.48. The minimum absolute atomic E-state index is 0. The largest absolute Gasteiger partial charge is 0.343 e. The van der Waals surface area contributed by atoms with Gasteiger partial charge in [0.25, 0.3) is 0 Å². The van der Waals surface area contributed by atoms with Gasteiger partial charge in [-0.3, -0.25) is 9.79 Å². The number of thioether (sulfide) groups is 1. The number of hydrogen-bond donors (Lipinski definition) is 2. The molecule has 162 valence electrons. The van der Waals surface area contributed by atoms with E-state index in [1.54, 1.807) is 29.2 Å². The normalized spacial score (nSPS) is 23.6. The number of fused-ring (bicyclic) bond motifs is 2. The molecule has 5 nitrogen and oxygen atoms in total. The van der Waals surface area contributed by atoms with Gasteiger partial charge in [0.05, 0.1) is 15.6 Å². The predicted molar refractivity (Wildman–Crippen MR) is 126 cm³/mol. The average Bonchev–Trinajstić information content (AvgIpc) is 3.27. The molecule has 4 rings (SSSR count). The van der Waals surface area contributed by atoms with Crippen LogP contribution in [0.25, 0.3) is 10.2 Å². The number of carbonyl (C=O) groups is 1. The summed E-state index contributed by atoms with van der Waals surface area (Å²) >= 11 is 3.26. The second-order valence-corrected chi connectivity index (χ2v) is 9.79. The molecule has 1 amide bonds. The van der Waals surface area contributed by atoms with E-state index < -0.39 is 0 Å². The summed E-state index contributed by atoms with van der Waals surface area (Å²) in [6.07, 6.45) is 6.13. The maximum Gasteiger partial charge on any atom is 0.222 e. The first-order valence-electron chi connectivity index (χ1n) is 10.0. The Morgan fingerprint density at radius 1 is 1.40 bits per heavy atom. The highest BCUT2D eigenvalue weighted by Gasteiger charge is 2.44. The number of benzene rings is 1. The lowest BCUT2D eigenvalue weighted by atomic mass is 9.89. The zero-order valence-electron chi connectivity index (χ0n) is 16.9. The Labute approximate surface area is 190 Å². The quantitative estimate of drug-likeness (QED) is 0.610. The van der Waals surface area contributed by atoms with Gasteiger partial charge in [-0.05, 0) is 31.9 Å². The molecule has 4 atom stereocenters. The summed E-state index contributed by atoms with van der Waals surface area (Å²) in [5.41, 5.74) is 0.680. The summed E-state index contributed by atoms with van der Waals surface area (Å²) in [4.78, 5) is 22.8. The van der Waals surface area contributed by atoms with Crippen molar-refractivity contribution in [2.24, 2.45) is 10.9 Å². The molecule has 2 N–H and O–H groups in total. The van der Waals surface area contributed by atoms with E-state index in [1.165, 1.54) is 17.0 Å². The fourth-order valence-electron chi connectivity index (χ4n) is 3.67. The molecule has 3 heterocycles. The third-order valence-corrected chi connectivity index (χ3v) is 7.95. The van der Waals surface area contributed by atoms with Gasteiger partial charge in [0.15, 0.2) is 0 Å². The Bertz CT molecular complexity index is 964. The van der Waals surface area contributed by atoms with Crippen LogP contribution < -0.4 is 10.6 Å². The molecule has 4 unspecified atom stereocenters. The van der Waals surface area contributed by atoms with Crippen molar-refractivity contribution in [2.75, 3.05) is 6.54 Å². The highest BCUT2D eigenvalue weighted by atomic mass is 35.5. The maximum atomic E-state index is 13.6. The van der Waals surface area contributed by atoms with Crippen molar-refractivity contribution in [3.8, 4) is 0 Å². The van der Waals surface area contributed by atoms with Crippen LogP contribution in [0.3, 0.4) is 0 Å². The first kappa shape index (κ1) is 23.2. The van der Waals surface area contributed by atoms with Crippen LogP contribution in [-0.4, -0.2) is 35.1 Å². The number of nitrogens with one attached hydrogen (secondary N) is 2. The molecule has 1 fully saturated rings. The van der Waals surface area contributed by atoms with E-state index in [9.17, 15) is 9.18 Å². The molecule has 0 saturated carbocycles. The number of thiazole rings is 1. The van der Waals surface area contributed by atoms with Gasteiger partial charge >= 0.3 is 0 Å². The maximum absolute atomic E-state index is 13.6. The van der Waals surface area contributed by atoms with E-state index in [4.69, 9.17) is 4.98 Å². The molecule has 0 bridgehead atoms. The lowest BCUT2D eigenvalue weighted by Gasteiger charge is -2.22. The average molecular weight is 469 g/mol. The van der Waals surface area contributed by atoms with Crippen LogP contribution in [0.4, 0.5) is 4.39 Å². The Morgan fingerprint density at radius 2 is 2.23 bits per heavy atom. The van der Waals surface area contributed by atoms with Crippen molar-refractivity contribution in [3.63, 3.8) is 0 Å². The second kappa shape index (κ2) is 10.2. The molecule has 0 spiro atoms. The standard InChI is InChI=1S/C21H25FN4OS2.ClH/c1-3-12(2)24-9-7-18(27)26-21-19(14-6-8-23-11-17(14)29-21)20-25-15-10-13(22)4-5-16(15)28-20;/h4-5,8,10-12,14,19,21,24H,3,6-7,9H2,1-2H3,(H,26,27);1H.